The van der Waals surface area contributed by atoms with E-state index in [0.717, 1.165) is 0 Å². The van der Waals surface area contributed by atoms with Gasteiger partial charge < -0.3 is 15.2 Å². The first-order valence-electron chi connectivity index (χ1n) is 5.65. The largest absolute Gasteiger partial charge is 0.480 e. The second kappa shape index (κ2) is 7.77. The molecule has 0 saturated heterocycles. The van der Waals surface area contributed by atoms with Crippen LogP contribution in [-0.4, -0.2) is 29.8 Å². The Kier molecular flexibility index (Phi) is 6.35. The topological polar surface area (TPSA) is 75.6 Å². The van der Waals surface area contributed by atoms with Gasteiger partial charge in [0.2, 0.25) is 0 Å². The molecule has 0 aromatic heterocycles. The molecule has 7 heteroatoms. The number of alkyl carbamates (subject to hydrolysis) is 1. The van der Waals surface area contributed by atoms with Crippen LogP contribution in [0.25, 0.3) is 0 Å². The van der Waals surface area contributed by atoms with E-state index < -0.39 is 18.1 Å². The number of hydrogen-bond donors (Lipinski definition) is 2. The maximum atomic E-state index is 11.4. The molecule has 20 heavy (non-hydrogen) atoms. The molecule has 1 aromatic carbocycles. The van der Waals surface area contributed by atoms with Gasteiger partial charge in [-0.25, -0.2) is 9.59 Å². The van der Waals surface area contributed by atoms with Crippen molar-refractivity contribution >= 4 is 35.3 Å². The lowest BCUT2D eigenvalue weighted by Crippen LogP contribution is -2.42. The third-order valence-corrected chi connectivity index (χ3v) is 2.96. The summed E-state index contributed by atoms with van der Waals surface area (Å²) in [5, 5.41) is 12.1. The zero-order valence-corrected chi connectivity index (χ0v) is 11.9. The summed E-state index contributed by atoms with van der Waals surface area (Å²) in [6, 6.07) is 3.54. The number of carbonyl (C=O) groups is 2. The average molecular weight is 318 g/mol. The molecule has 0 aliphatic rings. The summed E-state index contributed by atoms with van der Waals surface area (Å²) in [5.74, 6) is -1.20. The molecule has 0 bridgehead atoms. The quantitative estimate of drug-likeness (QED) is 0.791. The number of benzene rings is 1. The molecule has 0 radical (unpaired) electrons. The van der Waals surface area contributed by atoms with E-state index in [-0.39, 0.29) is 13.0 Å². The number of amides is 1. The van der Waals surface area contributed by atoms with E-state index in [9.17, 15) is 9.59 Å². The van der Waals surface area contributed by atoms with Gasteiger partial charge in [0.05, 0.1) is 0 Å². The van der Waals surface area contributed by atoms with Gasteiger partial charge >= 0.3 is 12.1 Å². The van der Waals surface area contributed by atoms with Crippen LogP contribution in [0.3, 0.4) is 0 Å². The molecule has 1 rings (SSSR count). The van der Waals surface area contributed by atoms with Crippen molar-refractivity contribution in [1.29, 1.82) is 0 Å². The van der Waals surface area contributed by atoms with Crippen molar-refractivity contribution in [2.24, 2.45) is 0 Å². The third-order valence-electron chi connectivity index (χ3n) is 2.35. The number of hydrogen-bond acceptors (Lipinski definition) is 3. The summed E-state index contributed by atoms with van der Waals surface area (Å²) < 4.78 is 4.67. The van der Waals surface area contributed by atoms with Crippen LogP contribution < -0.4 is 5.32 Å². The Hall–Kier alpha value is -1.72. The van der Waals surface area contributed by atoms with Crippen LogP contribution in [0.5, 0.6) is 0 Å². The molecule has 0 fully saturated rings. The zero-order valence-electron chi connectivity index (χ0n) is 10.4. The lowest BCUT2D eigenvalue weighted by Gasteiger charge is -2.15. The van der Waals surface area contributed by atoms with Crippen LogP contribution in [-0.2, 0) is 16.0 Å². The Morgan fingerprint density at radius 1 is 1.45 bits per heavy atom. The number of carboxylic acid groups (broad SMARTS) is 1. The maximum Gasteiger partial charge on any atom is 0.408 e. The first-order valence-corrected chi connectivity index (χ1v) is 6.40. The predicted octanol–water partition coefficient (Wildman–Crippen LogP) is 2.90. The highest BCUT2D eigenvalue weighted by Gasteiger charge is 2.22. The number of halogens is 2. The van der Waals surface area contributed by atoms with E-state index >= 15 is 0 Å². The molecule has 108 valence electrons. The monoisotopic (exact) mass is 317 g/mol. The molecule has 0 aliphatic heterocycles. The number of carboxylic acids is 1. The van der Waals surface area contributed by atoms with Crippen molar-refractivity contribution < 1.29 is 19.4 Å². The van der Waals surface area contributed by atoms with Crippen molar-refractivity contribution in [3.8, 4) is 0 Å². The maximum absolute atomic E-state index is 11.4. The van der Waals surface area contributed by atoms with Crippen LogP contribution in [0.4, 0.5) is 4.79 Å². The van der Waals surface area contributed by atoms with Crippen molar-refractivity contribution in [1.82, 2.24) is 5.32 Å². The van der Waals surface area contributed by atoms with E-state index in [1.165, 1.54) is 6.08 Å². The smallest absolute Gasteiger partial charge is 0.408 e. The van der Waals surface area contributed by atoms with Gasteiger partial charge in [-0.05, 0) is 23.8 Å². The van der Waals surface area contributed by atoms with Crippen molar-refractivity contribution in [3.05, 3.63) is 46.5 Å². The van der Waals surface area contributed by atoms with Crippen molar-refractivity contribution in [2.45, 2.75) is 12.5 Å². The molecular weight excluding hydrogens is 305 g/mol. The molecule has 5 nitrogen and oxygen atoms in total. The van der Waals surface area contributed by atoms with Gasteiger partial charge in [0.1, 0.15) is 12.6 Å². The Balaban J connectivity index is 2.77. The van der Waals surface area contributed by atoms with Gasteiger partial charge in [0.15, 0.2) is 0 Å². The number of ether oxygens (including phenoxy) is 1. The van der Waals surface area contributed by atoms with Gasteiger partial charge in [-0.15, -0.1) is 0 Å². The van der Waals surface area contributed by atoms with Gasteiger partial charge in [0.25, 0.3) is 0 Å². The minimum Gasteiger partial charge on any atom is -0.480 e. The first-order chi connectivity index (χ1) is 9.43. The summed E-state index contributed by atoms with van der Waals surface area (Å²) in [6.07, 6.45) is 0.539. The van der Waals surface area contributed by atoms with E-state index in [2.05, 4.69) is 16.6 Å². The molecule has 0 aliphatic carbocycles. The lowest BCUT2D eigenvalue weighted by atomic mass is 10.1. The van der Waals surface area contributed by atoms with E-state index in [1.807, 2.05) is 0 Å². The van der Waals surface area contributed by atoms with Crippen LogP contribution in [0.1, 0.15) is 5.56 Å². The molecule has 1 aromatic rings. The van der Waals surface area contributed by atoms with Gasteiger partial charge in [-0.2, -0.15) is 0 Å². The van der Waals surface area contributed by atoms with Crippen LogP contribution >= 0.6 is 23.2 Å². The molecule has 0 heterocycles. The lowest BCUT2D eigenvalue weighted by molar-refractivity contribution is -0.139. The Labute approximate surface area is 126 Å². The second-order valence-electron chi connectivity index (χ2n) is 3.86. The van der Waals surface area contributed by atoms with Gasteiger partial charge in [0, 0.05) is 16.5 Å². The normalized spacial score (nSPS) is 11.5. The minimum absolute atomic E-state index is 0.00207. The fourth-order valence-corrected chi connectivity index (χ4v) is 1.83. The fraction of sp³-hybridized carbons (Fsp3) is 0.231. The summed E-state index contributed by atoms with van der Waals surface area (Å²) in [7, 11) is 0. The molecule has 0 spiro atoms. The summed E-state index contributed by atoms with van der Waals surface area (Å²) in [5.41, 5.74) is 0.524. The van der Waals surface area contributed by atoms with Gasteiger partial charge in [-0.3, -0.25) is 0 Å². The van der Waals surface area contributed by atoms with Crippen LogP contribution in [0.15, 0.2) is 30.9 Å². The number of nitrogens with one attached hydrogen (secondary N) is 1. The molecule has 2 N–H and O–H groups in total. The van der Waals surface area contributed by atoms with Crippen LogP contribution in [0, 0.1) is 0 Å². The first kappa shape index (κ1) is 16.3. The molecule has 1 atom stereocenters. The molecule has 0 saturated carbocycles. The van der Waals surface area contributed by atoms with E-state index in [4.69, 9.17) is 28.3 Å². The predicted molar refractivity (Wildman–Crippen MR) is 76.3 cm³/mol. The van der Waals surface area contributed by atoms with E-state index in [0.29, 0.717) is 15.6 Å². The molecule has 1 amide bonds. The Bertz CT molecular complexity index is 519. The summed E-state index contributed by atoms with van der Waals surface area (Å²) >= 11 is 11.8. The second-order valence-corrected chi connectivity index (χ2v) is 4.71. The Morgan fingerprint density at radius 3 is 2.75 bits per heavy atom. The summed E-state index contributed by atoms with van der Waals surface area (Å²) in [4.78, 5) is 22.5. The molecule has 1 unspecified atom stereocenters. The van der Waals surface area contributed by atoms with Crippen LogP contribution in [0.2, 0.25) is 10.0 Å². The number of rotatable bonds is 6. The zero-order chi connectivity index (χ0) is 15.1. The number of carbonyl (C=O) groups excluding carboxylic acids is 1. The highest BCUT2D eigenvalue weighted by atomic mass is 35.5. The summed E-state index contributed by atoms with van der Waals surface area (Å²) in [6.45, 7) is 3.38. The standard InChI is InChI=1S/C13H13Cl2NO4/c1-2-5-20-13(19)16-11(12(17)18)7-8-6-9(14)3-4-10(8)15/h2-4,6,11H,1,5,7H2,(H,16,19)(H,17,18). The minimum atomic E-state index is -1.20. The SMILES string of the molecule is C=CCOC(=O)NC(Cc1cc(Cl)ccc1Cl)C(=O)O. The highest BCUT2D eigenvalue weighted by Crippen LogP contribution is 2.22. The Morgan fingerprint density at radius 2 is 2.15 bits per heavy atom. The van der Waals surface area contributed by atoms with Gasteiger partial charge in [-0.1, -0.05) is 35.9 Å². The molecular formula is C13H13Cl2NO4. The van der Waals surface area contributed by atoms with Crippen molar-refractivity contribution in [3.63, 3.8) is 0 Å². The van der Waals surface area contributed by atoms with Crippen molar-refractivity contribution in [2.75, 3.05) is 6.61 Å². The third kappa shape index (κ3) is 5.11. The number of aliphatic carboxylic acids is 1. The highest BCUT2D eigenvalue weighted by molar-refractivity contribution is 6.33. The van der Waals surface area contributed by atoms with E-state index in [1.54, 1.807) is 18.2 Å². The average Bonchev–Trinajstić information content (AvgIpc) is 2.39. The fourth-order valence-electron chi connectivity index (χ4n) is 1.44.